The zero-order valence-corrected chi connectivity index (χ0v) is 12.6. The fraction of sp³-hybridized carbons (Fsp3) is 0.0625. The van der Waals surface area contributed by atoms with Gasteiger partial charge in [0, 0.05) is 5.92 Å². The van der Waals surface area contributed by atoms with Crippen molar-refractivity contribution in [1.82, 2.24) is 9.97 Å². The molecule has 21 heavy (non-hydrogen) atoms. The number of nitrogens with zero attached hydrogens (tertiary/aromatic N) is 3. The van der Waals surface area contributed by atoms with Gasteiger partial charge in [-0.15, -0.1) is 0 Å². The monoisotopic (exact) mass is 318 g/mol. The smallest absolute Gasteiger partial charge is 0.382 e. The van der Waals surface area contributed by atoms with Gasteiger partial charge in [0.1, 0.15) is 23.3 Å². The normalized spacial score (nSPS) is 17.5. The third kappa shape index (κ3) is 4.98. The van der Waals surface area contributed by atoms with Crippen molar-refractivity contribution in [3.05, 3.63) is 80.8 Å². The SMILES string of the molecule is Cc1nc(N)c(C#N)c([C]2[CH][CH][CH][CH]2)n1.[CH]1[CH][CH][CH][CH]1.[Fe+2]. The van der Waals surface area contributed by atoms with E-state index in [1.807, 2.05) is 63.9 Å². The first-order valence-corrected chi connectivity index (χ1v) is 6.15. The zero-order chi connectivity index (χ0) is 14.4. The summed E-state index contributed by atoms with van der Waals surface area (Å²) in [6, 6.07) is 2.03. The summed E-state index contributed by atoms with van der Waals surface area (Å²) in [4.78, 5) is 8.19. The van der Waals surface area contributed by atoms with E-state index in [1.54, 1.807) is 6.92 Å². The minimum absolute atomic E-state index is 0. The van der Waals surface area contributed by atoms with Crippen LogP contribution in [0.3, 0.4) is 0 Å². The van der Waals surface area contributed by atoms with Crippen LogP contribution in [-0.4, -0.2) is 9.97 Å². The fourth-order valence-electron chi connectivity index (χ4n) is 1.77. The van der Waals surface area contributed by atoms with Crippen molar-refractivity contribution >= 4 is 5.82 Å². The predicted octanol–water partition coefficient (Wildman–Crippen LogP) is 2.01. The summed E-state index contributed by atoms with van der Waals surface area (Å²) in [7, 11) is 0. The molecule has 2 saturated carbocycles. The van der Waals surface area contributed by atoms with E-state index in [0.717, 1.165) is 5.92 Å². The van der Waals surface area contributed by atoms with E-state index in [4.69, 9.17) is 11.0 Å². The van der Waals surface area contributed by atoms with Crippen LogP contribution in [0, 0.1) is 82.0 Å². The minimum Gasteiger partial charge on any atom is -0.382 e. The molecule has 0 unspecified atom stereocenters. The molecule has 3 rings (SSSR count). The van der Waals surface area contributed by atoms with Gasteiger partial charge in [0.25, 0.3) is 0 Å². The minimum atomic E-state index is 0. The molecular formula is C16H14FeN4+2. The quantitative estimate of drug-likeness (QED) is 0.804. The third-order valence-corrected chi connectivity index (χ3v) is 2.65. The third-order valence-electron chi connectivity index (χ3n) is 2.65. The molecule has 1 aromatic rings. The Morgan fingerprint density at radius 2 is 1.48 bits per heavy atom. The Bertz CT molecular complexity index is 478. The van der Waals surface area contributed by atoms with Crippen LogP contribution >= 0.6 is 0 Å². The second kappa shape index (κ2) is 9.02. The molecule has 104 valence electrons. The van der Waals surface area contributed by atoms with E-state index >= 15 is 0 Å². The van der Waals surface area contributed by atoms with Gasteiger partial charge in [0.15, 0.2) is 0 Å². The fourth-order valence-corrected chi connectivity index (χ4v) is 1.77. The summed E-state index contributed by atoms with van der Waals surface area (Å²) < 4.78 is 0. The van der Waals surface area contributed by atoms with Crippen LogP contribution in [0.4, 0.5) is 5.82 Å². The van der Waals surface area contributed by atoms with Crippen LogP contribution in [0.5, 0.6) is 0 Å². The second-order valence-corrected chi connectivity index (χ2v) is 4.13. The van der Waals surface area contributed by atoms with Crippen LogP contribution < -0.4 is 5.73 Å². The van der Waals surface area contributed by atoms with Crippen LogP contribution in [0.25, 0.3) is 0 Å². The van der Waals surface area contributed by atoms with E-state index < -0.39 is 0 Å². The van der Waals surface area contributed by atoms with Gasteiger partial charge in [-0.05, 0) is 64.7 Å². The van der Waals surface area contributed by atoms with Crippen molar-refractivity contribution in [2.45, 2.75) is 6.92 Å². The van der Waals surface area contributed by atoms with Gasteiger partial charge < -0.3 is 5.73 Å². The molecule has 0 bridgehead atoms. The Morgan fingerprint density at radius 3 is 1.95 bits per heavy atom. The number of aromatic nitrogens is 2. The number of rotatable bonds is 1. The van der Waals surface area contributed by atoms with Gasteiger partial charge in [-0.2, -0.15) is 5.26 Å². The molecule has 0 saturated heterocycles. The van der Waals surface area contributed by atoms with Gasteiger partial charge in [-0.25, -0.2) is 9.97 Å². The number of nitrogen functional groups attached to an aromatic ring is 1. The Balaban J connectivity index is 0.000000313. The molecule has 2 aliphatic rings. The van der Waals surface area contributed by atoms with Gasteiger partial charge in [-0.3, -0.25) is 0 Å². The van der Waals surface area contributed by atoms with Gasteiger partial charge in [0.2, 0.25) is 0 Å². The van der Waals surface area contributed by atoms with Crippen LogP contribution in [0.2, 0.25) is 0 Å². The van der Waals surface area contributed by atoms with Crippen molar-refractivity contribution in [3.63, 3.8) is 0 Å². The maximum atomic E-state index is 8.98. The van der Waals surface area contributed by atoms with Crippen LogP contribution in [0.15, 0.2) is 0 Å². The standard InChI is InChI=1S/C11H9N4.C5H5.Fe/c1-7-14-10(8-4-2-3-5-8)9(6-12)11(13)15-7;1-2-4-5-3-1;/h2-5H,1H3,(H2,13,14,15);1-5H;/q;;+2. The molecule has 4 nitrogen and oxygen atoms in total. The van der Waals surface area contributed by atoms with Crippen LogP contribution in [-0.2, 0) is 17.1 Å². The molecule has 2 aliphatic carbocycles. The van der Waals surface area contributed by atoms with Gasteiger partial charge >= 0.3 is 17.1 Å². The molecule has 0 spiro atoms. The first-order valence-electron chi connectivity index (χ1n) is 6.15. The maximum absolute atomic E-state index is 8.98. The number of nitriles is 1. The average molecular weight is 318 g/mol. The zero-order valence-electron chi connectivity index (χ0n) is 11.5. The topological polar surface area (TPSA) is 75.6 Å². The average Bonchev–Trinajstić information content (AvgIpc) is 3.14. The van der Waals surface area contributed by atoms with E-state index in [0.29, 0.717) is 17.1 Å². The Morgan fingerprint density at radius 1 is 0.952 bits per heavy atom. The number of hydrogen-bond donors (Lipinski definition) is 1. The van der Waals surface area contributed by atoms with E-state index in [2.05, 4.69) is 9.97 Å². The molecule has 0 aromatic carbocycles. The molecule has 0 aliphatic heterocycles. The second-order valence-electron chi connectivity index (χ2n) is 4.13. The Hall–Kier alpha value is -1.11. The van der Waals surface area contributed by atoms with Gasteiger partial charge in [-0.1, -0.05) is 0 Å². The van der Waals surface area contributed by atoms with Crippen molar-refractivity contribution in [1.29, 1.82) is 5.26 Å². The first-order chi connectivity index (χ1) is 9.72. The first kappa shape index (κ1) is 17.9. The van der Waals surface area contributed by atoms with Gasteiger partial charge in [0.05, 0.1) is 5.69 Å². The molecule has 0 amide bonds. The van der Waals surface area contributed by atoms with E-state index in [9.17, 15) is 0 Å². The number of hydrogen-bond acceptors (Lipinski definition) is 4. The predicted molar refractivity (Wildman–Crippen MR) is 76.9 cm³/mol. The molecule has 2 N–H and O–H groups in total. The Labute approximate surface area is 138 Å². The summed E-state index contributed by atoms with van der Waals surface area (Å²) in [6.45, 7) is 1.75. The number of nitrogens with two attached hydrogens (primary N) is 1. The van der Waals surface area contributed by atoms with Crippen LogP contribution in [0.1, 0.15) is 17.1 Å². The molecule has 0 atom stereocenters. The number of aryl methyl sites for hydroxylation is 1. The van der Waals surface area contributed by atoms with E-state index in [1.165, 1.54) is 0 Å². The Kier molecular flexibility index (Phi) is 7.70. The molecule has 5 heteroatoms. The van der Waals surface area contributed by atoms with Crippen molar-refractivity contribution in [2.24, 2.45) is 0 Å². The maximum Gasteiger partial charge on any atom is 2.00 e. The molecular weight excluding hydrogens is 304 g/mol. The summed E-state index contributed by atoms with van der Waals surface area (Å²) in [6.07, 6.45) is 17.6. The van der Waals surface area contributed by atoms with Crippen molar-refractivity contribution in [3.8, 4) is 6.07 Å². The van der Waals surface area contributed by atoms with E-state index in [-0.39, 0.29) is 22.9 Å². The summed E-state index contributed by atoms with van der Waals surface area (Å²) in [5, 5.41) is 8.98. The molecule has 1 heterocycles. The largest absolute Gasteiger partial charge is 2.00 e. The van der Waals surface area contributed by atoms with Crippen molar-refractivity contribution in [2.75, 3.05) is 5.73 Å². The molecule has 2 fully saturated rings. The summed E-state index contributed by atoms with van der Waals surface area (Å²) in [5.74, 6) is 1.70. The summed E-state index contributed by atoms with van der Waals surface area (Å²) in [5.41, 5.74) is 6.61. The van der Waals surface area contributed by atoms with Crippen molar-refractivity contribution < 1.29 is 17.1 Å². The summed E-state index contributed by atoms with van der Waals surface area (Å²) >= 11 is 0. The molecule has 10 radical (unpaired) electrons. The molecule has 1 aromatic heterocycles. The number of anilines is 1.